The van der Waals surface area contributed by atoms with Crippen molar-refractivity contribution in [2.45, 2.75) is 190 Å². The summed E-state index contributed by atoms with van der Waals surface area (Å²) in [7, 11) is -7.43. The number of halogens is 5. The third-order valence-corrected chi connectivity index (χ3v) is 27.9. The number of thioether (sulfide) groups is 2. The van der Waals surface area contributed by atoms with Gasteiger partial charge in [-0.05, 0) is 116 Å². The Bertz CT molecular complexity index is 5260. The lowest BCUT2D eigenvalue weighted by Crippen LogP contribution is -2.41. The van der Waals surface area contributed by atoms with Gasteiger partial charge < -0.3 is 85.3 Å². The molecule has 37 nitrogen and oxygen atoms in total. The Morgan fingerprint density at radius 1 is 0.419 bits per heavy atom. The van der Waals surface area contributed by atoms with Crippen LogP contribution in [0.3, 0.4) is 0 Å². The zero-order valence-corrected chi connectivity index (χ0v) is 76.6. The van der Waals surface area contributed by atoms with Crippen LogP contribution in [-0.2, 0) is 52.7 Å². The number of nitrogens with zero attached hydrogens (tertiary/aromatic N) is 21. The molecule has 0 spiro atoms. The summed E-state index contributed by atoms with van der Waals surface area (Å²) in [5.41, 5.74) is 19.4. The molecule has 25 rings (SSSR count). The van der Waals surface area contributed by atoms with Crippen molar-refractivity contribution in [2.24, 2.45) is 11.8 Å². The third-order valence-electron chi connectivity index (χ3n) is 24.3. The molecule has 8 aromatic heterocycles. The molecule has 0 aromatic carbocycles. The van der Waals surface area contributed by atoms with E-state index >= 15 is 0 Å². The van der Waals surface area contributed by atoms with Gasteiger partial charge in [-0.3, -0.25) is 0 Å². The number of nitrogen functional groups attached to an aromatic ring is 3. The molecule has 23 heterocycles. The molecule has 15 saturated heterocycles. The molecule has 17 aliphatic rings. The van der Waals surface area contributed by atoms with Crippen molar-refractivity contribution in [1.82, 2.24) is 90.4 Å². The molecule has 8 N–H and O–H groups in total. The highest BCUT2D eigenvalue weighted by molar-refractivity contribution is 7.98. The minimum atomic E-state index is -3.55. The molecular formula is C77H100BCl5N26O11S4. The molecule has 0 radical (unpaired) electrons. The summed E-state index contributed by atoms with van der Waals surface area (Å²) in [5, 5.41) is 9.02. The summed E-state index contributed by atoms with van der Waals surface area (Å²) < 4.78 is 86.3. The number of hydrogen-bond acceptors (Lipinski definition) is 39. The molecule has 666 valence electrons. The summed E-state index contributed by atoms with van der Waals surface area (Å²) >= 11 is 25.9. The van der Waals surface area contributed by atoms with Crippen LogP contribution >= 0.6 is 82.3 Å². The molecule has 15 aliphatic heterocycles. The monoisotopic (exact) mass is 1880 g/mol. The first-order chi connectivity index (χ1) is 58.7. The van der Waals surface area contributed by atoms with E-state index in [2.05, 4.69) is 106 Å². The Hall–Kier alpha value is -7.21. The fourth-order valence-corrected chi connectivity index (χ4v) is 19.9. The Kier molecular flexibility index (Phi) is 28.5. The largest absolute Gasteiger partial charge is 0.498 e. The molecule has 2 saturated carbocycles. The molecule has 0 amide bonds. The standard InChI is InChI=1S/C18H21N7O.C14H16N6O3S.C10H16BN3O2.C10H12ClN3O3S.C10H12ClN3OS.C5H4Cl2N2S.C5H9NO.C5H9N.ClH/c19-17-20-5-11(6-21-17)15-4-16(24-8-14-3-13(24)9-26-14)23-18(22-15)25-7-10-1-12(25)2-10;1-24(21,22)14-18-11(8-4-16-13(15)17-5-8)3-12(19-14)20-6-10-2-9(20)7-23-10;1-9(2)10(3,4)16-11(15-9)7-5-13-8(12)14-6-7;1-18(15,16)10-12-8(11)3-9(13-10)14-4-7-2-6(14)5-17-7;1-16-10-12-8(11)3-9(13-10)14-4-7-2-6(14)5-15-7;1-10-5-8-3(6)2-4(7)9-5;1-4-3-7-5(1)2-6-4;1-4-2-5(1)6-3-4;/h4-6,10,12-14H,1-3,7-9H2,(H2,19,20,21);3-5,9-10H,2,6-7H2,1H3,(H2,15,16,17);5-6H,1-4H3,(H2,12,13,14);3,6-7H,2,4-5H2,1H3;3,6-7H,2,4-5H2,1H3;2H,1H3;4-6H,1-3H2;4-6H,1-3H2;1H/t10?,12?,13-,14-;9-,10-;;2*6-,7-;;4-,5-;;/m00.00.1../s1. The second kappa shape index (κ2) is 38.6. The quantitative estimate of drug-likeness (QED) is 0.0366. The highest BCUT2D eigenvalue weighted by atomic mass is 35.5. The second-order valence-electron chi connectivity index (χ2n) is 33.7. The molecule has 47 heteroatoms. The second-order valence-corrected chi connectivity index (χ2v) is 40.6. The smallest absolute Gasteiger partial charge is 0.399 e. The van der Waals surface area contributed by atoms with Crippen LogP contribution in [0.2, 0.25) is 20.6 Å². The first-order valence-electron chi connectivity index (χ1n) is 40.8. The number of rotatable bonds is 12. The van der Waals surface area contributed by atoms with E-state index in [1.165, 1.54) is 80.6 Å². The molecule has 8 aromatic rings. The summed E-state index contributed by atoms with van der Waals surface area (Å²) in [6.45, 7) is 18.6. The summed E-state index contributed by atoms with van der Waals surface area (Å²) in [6.07, 6.45) is 28.2. The summed E-state index contributed by atoms with van der Waals surface area (Å²) in [4.78, 5) is 77.6. The van der Waals surface area contributed by atoms with E-state index in [9.17, 15) is 16.8 Å². The number of nitrogens with two attached hydrogens (primary N) is 3. The number of hydrogen-bond donors (Lipinski definition) is 5. The van der Waals surface area contributed by atoms with E-state index in [1.54, 1.807) is 36.9 Å². The topological polar surface area (TPSA) is 457 Å². The lowest BCUT2D eigenvalue weighted by atomic mass is 9.81. The zero-order valence-electron chi connectivity index (χ0n) is 69.5. The van der Waals surface area contributed by atoms with Gasteiger partial charge in [0.1, 0.15) is 43.9 Å². The minimum absolute atomic E-state index is 0. The lowest BCUT2D eigenvalue weighted by Gasteiger charge is -2.32. The number of nitrogens with one attached hydrogen (secondary N) is 2. The maximum atomic E-state index is 12.0. The number of ether oxygens (including phenoxy) is 5. The van der Waals surface area contributed by atoms with E-state index < -0.39 is 26.8 Å². The lowest BCUT2D eigenvalue weighted by molar-refractivity contribution is 0.00578. The molecule has 14 bridgehead atoms. The Labute approximate surface area is 754 Å². The average molecular weight is 1880 g/mol. The number of fused-ring (bicyclic) bond motifs is 12. The van der Waals surface area contributed by atoms with Gasteiger partial charge in [0.2, 0.25) is 53.8 Å². The van der Waals surface area contributed by atoms with Gasteiger partial charge in [0, 0.05) is 154 Å². The van der Waals surface area contributed by atoms with E-state index in [1.807, 2.05) is 51.2 Å². The van der Waals surface area contributed by atoms with E-state index in [-0.39, 0.29) is 81.2 Å². The van der Waals surface area contributed by atoms with Crippen LogP contribution in [0.25, 0.3) is 22.5 Å². The Morgan fingerprint density at radius 3 is 1.16 bits per heavy atom. The van der Waals surface area contributed by atoms with Crippen molar-refractivity contribution in [3.8, 4) is 22.5 Å². The molecule has 2 aliphatic carbocycles. The number of aromatic nitrogens is 16. The van der Waals surface area contributed by atoms with Gasteiger partial charge in [-0.25, -0.2) is 91.6 Å². The van der Waals surface area contributed by atoms with Crippen LogP contribution in [0.15, 0.2) is 88.1 Å². The highest BCUT2D eigenvalue weighted by Crippen LogP contribution is 2.45. The number of sulfone groups is 2. The van der Waals surface area contributed by atoms with Gasteiger partial charge >= 0.3 is 7.12 Å². The normalized spacial score (nSPS) is 27.5. The van der Waals surface area contributed by atoms with Crippen molar-refractivity contribution in [2.75, 3.05) is 146 Å². The van der Waals surface area contributed by atoms with Crippen molar-refractivity contribution in [3.05, 3.63) is 88.1 Å². The Balaban J connectivity index is 0.000000113. The van der Waals surface area contributed by atoms with E-state index in [0.29, 0.717) is 106 Å². The predicted molar refractivity (Wildman–Crippen MR) is 477 cm³/mol. The van der Waals surface area contributed by atoms with Crippen LogP contribution in [0, 0.1) is 11.8 Å². The van der Waals surface area contributed by atoms with Gasteiger partial charge in [-0.1, -0.05) is 69.9 Å². The summed E-state index contributed by atoms with van der Waals surface area (Å²) in [6, 6.07) is 12.3. The molecule has 17 fully saturated rings. The van der Waals surface area contributed by atoms with E-state index in [4.69, 9.17) is 107 Å². The highest BCUT2D eigenvalue weighted by Gasteiger charge is 2.53. The van der Waals surface area contributed by atoms with Crippen molar-refractivity contribution >= 4 is 162 Å². The van der Waals surface area contributed by atoms with Gasteiger partial charge in [-0.15, -0.1) is 12.4 Å². The third kappa shape index (κ3) is 21.9. The fourth-order valence-electron chi connectivity index (χ4n) is 17.1. The van der Waals surface area contributed by atoms with Gasteiger partial charge in [0.05, 0.1) is 110 Å². The fraction of sp³-hybridized carbons (Fsp3) is 0.584. The van der Waals surface area contributed by atoms with Gasteiger partial charge in [-0.2, -0.15) is 4.98 Å². The average Bonchev–Trinajstić information content (AvgIpc) is 1.58. The maximum absolute atomic E-state index is 12.0. The molecule has 124 heavy (non-hydrogen) atoms. The summed E-state index contributed by atoms with van der Waals surface area (Å²) in [5.74, 6) is 6.45. The van der Waals surface area contributed by atoms with Crippen LogP contribution < -0.4 is 57.8 Å². The maximum Gasteiger partial charge on any atom is 0.498 e. The molecule has 10 atom stereocenters. The van der Waals surface area contributed by atoms with Gasteiger partial charge in [0.15, 0.2) is 10.3 Å². The zero-order chi connectivity index (χ0) is 86.4. The SMILES string of the molecule is C1NC2CC1C2.C1O[C@H]2CN[C@@H]1C2.CC1(C)OB(c2cnc(N)nc2)OC1(C)C.CS(=O)(=O)c1nc(-c2cnc(N)nc2)cc(N2C[C@@H]3C[C@H]2CO3)n1.CS(=O)(=O)c1nc(Cl)cc(N2C[C@@H]3C[C@H]2CO3)n1.CSc1nc(Cl)cc(Cl)n1.CSc1nc(Cl)cc(N2C[C@@H]3C[C@H]2CO3)n1.Cl.Nc1ncc(-c2cc(N3C[C@@H]4C[C@H]3CO4)nc(N3CC4CC3C4)n2)cn1. The van der Waals surface area contributed by atoms with Gasteiger partial charge in [0.25, 0.3) is 0 Å². The van der Waals surface area contributed by atoms with Crippen LogP contribution in [0.1, 0.15) is 85.5 Å². The Morgan fingerprint density at radius 2 is 0.815 bits per heavy atom. The van der Waals surface area contributed by atoms with E-state index in [0.717, 1.165) is 148 Å². The minimum Gasteiger partial charge on any atom is -0.399 e. The van der Waals surface area contributed by atoms with Crippen LogP contribution in [0.5, 0.6) is 0 Å². The first kappa shape index (κ1) is 91.5. The van der Waals surface area contributed by atoms with Crippen molar-refractivity contribution in [3.63, 3.8) is 0 Å². The molecular weight excluding hydrogens is 1780 g/mol. The van der Waals surface area contributed by atoms with Crippen LogP contribution in [0.4, 0.5) is 47.1 Å². The number of anilines is 8. The van der Waals surface area contributed by atoms with Crippen molar-refractivity contribution < 1.29 is 49.8 Å². The number of morpholine rings is 5. The van der Waals surface area contributed by atoms with Crippen molar-refractivity contribution in [1.29, 1.82) is 0 Å². The predicted octanol–water partition coefficient (Wildman–Crippen LogP) is 6.73. The first-order valence-corrected chi connectivity index (χ1v) is 48.5. The molecule has 0 unspecified atom stereocenters. The van der Waals surface area contributed by atoms with Crippen LogP contribution in [-0.4, -0.2) is 292 Å².